The first-order valence-corrected chi connectivity index (χ1v) is 6.31. The van der Waals surface area contributed by atoms with Crippen LogP contribution in [-0.4, -0.2) is 35.7 Å². The summed E-state index contributed by atoms with van der Waals surface area (Å²) >= 11 is 0. The lowest BCUT2D eigenvalue weighted by Crippen LogP contribution is -2.26. The number of amides is 1. The van der Waals surface area contributed by atoms with Crippen molar-refractivity contribution < 1.29 is 24.5 Å². The Kier molecular flexibility index (Phi) is 4.36. The molecular weight excluding hydrogens is 262 g/mol. The van der Waals surface area contributed by atoms with E-state index in [0.29, 0.717) is 16.8 Å². The Morgan fingerprint density at radius 3 is 2.40 bits per heavy atom. The predicted octanol–water partition coefficient (Wildman–Crippen LogP) is 0.197. The summed E-state index contributed by atoms with van der Waals surface area (Å²) in [5.74, 6) is -1.04. The molecule has 6 heteroatoms. The zero-order valence-electron chi connectivity index (χ0n) is 11.2. The number of benzene rings is 1. The van der Waals surface area contributed by atoms with Gasteiger partial charge in [0.15, 0.2) is 0 Å². The van der Waals surface area contributed by atoms with Crippen molar-refractivity contribution >= 4 is 17.6 Å². The van der Waals surface area contributed by atoms with Gasteiger partial charge in [-0.1, -0.05) is 6.07 Å². The molecular formula is C14H17NO5. The van der Waals surface area contributed by atoms with Crippen molar-refractivity contribution in [1.29, 1.82) is 0 Å². The Hall–Kier alpha value is -1.92. The van der Waals surface area contributed by atoms with E-state index in [-0.39, 0.29) is 32.1 Å². The molecule has 0 aliphatic carbocycles. The smallest absolute Gasteiger partial charge is 0.311 e. The lowest BCUT2D eigenvalue weighted by Gasteiger charge is -2.18. The molecule has 108 valence electrons. The summed E-state index contributed by atoms with van der Waals surface area (Å²) in [5.41, 5.74) is 1.80. The van der Waals surface area contributed by atoms with Gasteiger partial charge in [0.05, 0.1) is 26.2 Å². The average Bonchev–Trinajstić information content (AvgIpc) is 2.87. The van der Waals surface area contributed by atoms with E-state index in [2.05, 4.69) is 4.74 Å². The van der Waals surface area contributed by atoms with E-state index >= 15 is 0 Å². The van der Waals surface area contributed by atoms with E-state index in [4.69, 9.17) is 0 Å². The Balaban J connectivity index is 2.27. The Labute approximate surface area is 116 Å². The number of anilines is 1. The van der Waals surface area contributed by atoms with Gasteiger partial charge in [-0.25, -0.2) is 0 Å². The fourth-order valence-electron chi connectivity index (χ4n) is 2.36. The number of aliphatic hydroxyl groups excluding tert-OH is 2. The van der Waals surface area contributed by atoms with Crippen LogP contribution in [0.15, 0.2) is 18.2 Å². The summed E-state index contributed by atoms with van der Waals surface area (Å²) in [5, 5.41) is 18.4. The van der Waals surface area contributed by atoms with Gasteiger partial charge in [0.2, 0.25) is 5.91 Å². The van der Waals surface area contributed by atoms with Crippen LogP contribution in [0.1, 0.15) is 17.5 Å². The van der Waals surface area contributed by atoms with E-state index in [1.165, 1.54) is 12.0 Å². The van der Waals surface area contributed by atoms with Crippen molar-refractivity contribution in [2.45, 2.75) is 19.6 Å². The number of carbonyl (C=O) groups excluding carboxylic acids is 2. The Bertz CT molecular complexity index is 506. The molecule has 1 unspecified atom stereocenters. The van der Waals surface area contributed by atoms with Crippen LogP contribution >= 0.6 is 0 Å². The van der Waals surface area contributed by atoms with Crippen LogP contribution in [0.5, 0.6) is 0 Å². The molecule has 0 radical (unpaired) electrons. The highest BCUT2D eigenvalue weighted by Gasteiger charge is 2.35. The highest BCUT2D eigenvalue weighted by atomic mass is 16.5. The van der Waals surface area contributed by atoms with Gasteiger partial charge >= 0.3 is 5.97 Å². The maximum absolute atomic E-state index is 12.0. The second-order valence-corrected chi connectivity index (χ2v) is 4.75. The summed E-state index contributed by atoms with van der Waals surface area (Å²) < 4.78 is 4.66. The van der Waals surface area contributed by atoms with Gasteiger partial charge in [0, 0.05) is 18.7 Å². The minimum absolute atomic E-state index is 0.116. The lowest BCUT2D eigenvalue weighted by molar-refractivity contribution is -0.145. The Morgan fingerprint density at radius 2 is 1.90 bits per heavy atom. The number of esters is 1. The number of ether oxygens (including phenoxy) is 1. The molecule has 1 fully saturated rings. The molecule has 1 heterocycles. The summed E-state index contributed by atoms with van der Waals surface area (Å²) in [6, 6.07) is 5.02. The van der Waals surface area contributed by atoms with Gasteiger partial charge in [-0.2, -0.15) is 0 Å². The maximum Gasteiger partial charge on any atom is 0.311 e. The van der Waals surface area contributed by atoms with E-state index in [1.807, 2.05) is 0 Å². The summed E-state index contributed by atoms with van der Waals surface area (Å²) in [6.07, 6.45) is 0.116. The summed E-state index contributed by atoms with van der Waals surface area (Å²) in [6.45, 7) is -0.0993. The molecule has 1 aromatic rings. The highest BCUT2D eigenvalue weighted by Crippen LogP contribution is 2.27. The first-order chi connectivity index (χ1) is 9.58. The first kappa shape index (κ1) is 14.5. The van der Waals surface area contributed by atoms with Crippen molar-refractivity contribution in [3.05, 3.63) is 29.3 Å². The fourth-order valence-corrected chi connectivity index (χ4v) is 2.36. The topological polar surface area (TPSA) is 87.1 Å². The molecule has 1 atom stereocenters. The maximum atomic E-state index is 12.0. The van der Waals surface area contributed by atoms with Crippen LogP contribution < -0.4 is 4.90 Å². The quantitative estimate of drug-likeness (QED) is 0.769. The van der Waals surface area contributed by atoms with Crippen LogP contribution in [0.4, 0.5) is 5.69 Å². The molecule has 2 rings (SSSR count). The SMILES string of the molecule is COC(=O)C1CC(=O)N(c2cc(CO)cc(CO)c2)C1. The number of carbonyl (C=O) groups is 2. The molecule has 0 saturated carbocycles. The third-order valence-corrected chi connectivity index (χ3v) is 3.37. The van der Waals surface area contributed by atoms with Gasteiger partial charge in [0.1, 0.15) is 0 Å². The second-order valence-electron chi connectivity index (χ2n) is 4.75. The average molecular weight is 279 g/mol. The van der Waals surface area contributed by atoms with Gasteiger partial charge < -0.3 is 19.8 Å². The molecule has 1 aromatic carbocycles. The predicted molar refractivity (Wildman–Crippen MR) is 70.8 cm³/mol. The number of hydrogen-bond acceptors (Lipinski definition) is 5. The Morgan fingerprint density at radius 1 is 1.30 bits per heavy atom. The van der Waals surface area contributed by atoms with Crippen LogP contribution in [0, 0.1) is 5.92 Å². The van der Waals surface area contributed by atoms with Crippen molar-refractivity contribution in [2.24, 2.45) is 5.92 Å². The zero-order chi connectivity index (χ0) is 14.7. The van der Waals surface area contributed by atoms with Crippen molar-refractivity contribution in [3.63, 3.8) is 0 Å². The van der Waals surface area contributed by atoms with E-state index in [0.717, 1.165) is 0 Å². The van der Waals surface area contributed by atoms with Gasteiger partial charge in [-0.05, 0) is 23.3 Å². The molecule has 20 heavy (non-hydrogen) atoms. The minimum atomic E-state index is -0.470. The highest BCUT2D eigenvalue weighted by molar-refractivity contribution is 5.99. The van der Waals surface area contributed by atoms with Crippen LogP contribution in [0.2, 0.25) is 0 Å². The third-order valence-electron chi connectivity index (χ3n) is 3.37. The third kappa shape index (κ3) is 2.81. The summed E-state index contributed by atoms with van der Waals surface area (Å²) in [4.78, 5) is 25.0. The van der Waals surface area contributed by atoms with E-state index in [1.54, 1.807) is 18.2 Å². The second kappa shape index (κ2) is 6.02. The number of methoxy groups -OCH3 is 1. The molecule has 6 nitrogen and oxygen atoms in total. The fraction of sp³-hybridized carbons (Fsp3) is 0.429. The van der Waals surface area contributed by atoms with E-state index in [9.17, 15) is 19.8 Å². The molecule has 1 aliphatic rings. The minimum Gasteiger partial charge on any atom is -0.469 e. The largest absolute Gasteiger partial charge is 0.469 e. The number of hydrogen-bond donors (Lipinski definition) is 2. The normalized spacial score (nSPS) is 18.4. The molecule has 1 amide bonds. The number of nitrogens with zero attached hydrogens (tertiary/aromatic N) is 1. The van der Waals surface area contributed by atoms with Crippen LogP contribution in [0.25, 0.3) is 0 Å². The van der Waals surface area contributed by atoms with Crippen molar-refractivity contribution in [2.75, 3.05) is 18.6 Å². The monoisotopic (exact) mass is 279 g/mol. The molecule has 1 saturated heterocycles. The van der Waals surface area contributed by atoms with Gasteiger partial charge in [-0.3, -0.25) is 9.59 Å². The van der Waals surface area contributed by atoms with Crippen molar-refractivity contribution in [3.8, 4) is 0 Å². The molecule has 2 N–H and O–H groups in total. The van der Waals surface area contributed by atoms with Gasteiger partial charge in [-0.15, -0.1) is 0 Å². The van der Waals surface area contributed by atoms with Crippen LogP contribution in [-0.2, 0) is 27.5 Å². The standard InChI is InChI=1S/C14H17NO5/c1-20-14(19)11-5-13(18)15(6-11)12-3-9(7-16)2-10(4-12)8-17/h2-4,11,16-17H,5-8H2,1H3. The molecule has 0 bridgehead atoms. The van der Waals surface area contributed by atoms with Crippen LogP contribution in [0.3, 0.4) is 0 Å². The number of aliphatic hydroxyl groups is 2. The zero-order valence-corrected chi connectivity index (χ0v) is 11.2. The lowest BCUT2D eigenvalue weighted by atomic mass is 10.1. The summed E-state index contributed by atoms with van der Waals surface area (Å²) in [7, 11) is 1.30. The van der Waals surface area contributed by atoms with Crippen molar-refractivity contribution in [1.82, 2.24) is 0 Å². The molecule has 0 aromatic heterocycles. The van der Waals surface area contributed by atoms with Gasteiger partial charge in [0.25, 0.3) is 0 Å². The number of rotatable bonds is 4. The molecule has 1 aliphatic heterocycles. The first-order valence-electron chi connectivity index (χ1n) is 6.31. The molecule has 0 spiro atoms. The van der Waals surface area contributed by atoms with E-state index < -0.39 is 11.9 Å².